The molecular weight excluding hydrogens is 374 g/mol. The molecule has 3 saturated heterocycles. The van der Waals surface area contributed by atoms with Crippen LogP contribution >= 0.6 is 0 Å². The maximum atomic E-state index is 13.3. The van der Waals surface area contributed by atoms with Gasteiger partial charge in [0.2, 0.25) is 0 Å². The molecule has 9 heteroatoms. The summed E-state index contributed by atoms with van der Waals surface area (Å²) < 4.78 is 4.95. The van der Waals surface area contributed by atoms with Crippen molar-refractivity contribution in [1.29, 1.82) is 0 Å². The number of fused-ring (bicyclic) bond motifs is 3. The van der Waals surface area contributed by atoms with Crippen LogP contribution in [0.25, 0.3) is 0 Å². The van der Waals surface area contributed by atoms with E-state index in [1.54, 1.807) is 14.0 Å². The maximum Gasteiger partial charge on any atom is 0.328 e. The lowest BCUT2D eigenvalue weighted by Crippen LogP contribution is -2.67. The van der Waals surface area contributed by atoms with Gasteiger partial charge in [0, 0.05) is 25.8 Å². The number of benzene rings is 1. The van der Waals surface area contributed by atoms with Crippen LogP contribution in [0.15, 0.2) is 30.3 Å². The molecule has 3 aliphatic rings. The van der Waals surface area contributed by atoms with Crippen molar-refractivity contribution in [2.45, 2.75) is 32.3 Å². The predicted octanol–water partition coefficient (Wildman–Crippen LogP) is 0.483. The summed E-state index contributed by atoms with van der Waals surface area (Å²) in [6, 6.07) is 9.00. The number of hydrogen-bond donors (Lipinski definition) is 1. The van der Waals surface area contributed by atoms with Crippen LogP contribution in [0.1, 0.15) is 13.8 Å². The Morgan fingerprint density at radius 1 is 1.21 bits per heavy atom. The minimum absolute atomic E-state index is 0.203. The van der Waals surface area contributed by atoms with Crippen LogP contribution in [-0.2, 0) is 14.3 Å². The molecule has 1 aromatic rings. The van der Waals surface area contributed by atoms with E-state index in [0.29, 0.717) is 5.92 Å². The van der Waals surface area contributed by atoms with E-state index < -0.39 is 24.2 Å². The molecule has 4 atom stereocenters. The normalized spacial score (nSPS) is 29.7. The van der Waals surface area contributed by atoms with E-state index in [0.717, 1.165) is 23.7 Å². The van der Waals surface area contributed by atoms with Crippen LogP contribution in [-0.4, -0.2) is 84.4 Å². The van der Waals surface area contributed by atoms with E-state index >= 15 is 0 Å². The van der Waals surface area contributed by atoms with Gasteiger partial charge in [0.25, 0.3) is 5.91 Å². The van der Waals surface area contributed by atoms with Gasteiger partial charge in [-0.25, -0.2) is 4.79 Å². The molecule has 1 aromatic carbocycles. The fourth-order valence-electron chi connectivity index (χ4n) is 4.52. The summed E-state index contributed by atoms with van der Waals surface area (Å²) in [6.45, 7) is 5.25. The molecule has 3 amide bonds. The zero-order chi connectivity index (χ0) is 20.7. The lowest BCUT2D eigenvalue weighted by Gasteiger charge is -2.45. The largest absolute Gasteiger partial charge is 0.465 e. The zero-order valence-corrected chi connectivity index (χ0v) is 16.9. The molecule has 0 saturated carbocycles. The van der Waals surface area contributed by atoms with Gasteiger partial charge in [-0.2, -0.15) is 0 Å². The standard InChI is InChI=1S/C20H27N5O4/c1-4-29-15(26)12-25-18(27)16-17(22(3)20(25)28)21-19-23(10-13(2)11-24(16)19)14-8-6-5-7-9-14/h5-9,13,16-17,19,21H,4,10-12H2,1-3H3. The van der Waals surface area contributed by atoms with Gasteiger partial charge < -0.3 is 14.5 Å². The molecule has 4 unspecified atom stereocenters. The average Bonchev–Trinajstić information content (AvgIpc) is 3.09. The molecule has 29 heavy (non-hydrogen) atoms. The van der Waals surface area contributed by atoms with E-state index in [4.69, 9.17) is 4.74 Å². The van der Waals surface area contributed by atoms with Crippen LogP contribution in [0.2, 0.25) is 0 Å². The first-order valence-corrected chi connectivity index (χ1v) is 9.99. The van der Waals surface area contributed by atoms with Gasteiger partial charge in [-0.05, 0) is 25.0 Å². The Bertz CT molecular complexity index is 803. The highest BCUT2D eigenvalue weighted by atomic mass is 16.5. The zero-order valence-electron chi connectivity index (χ0n) is 16.9. The Morgan fingerprint density at radius 2 is 1.93 bits per heavy atom. The first-order chi connectivity index (χ1) is 13.9. The molecule has 0 aromatic heterocycles. The molecular formula is C20H27N5O4. The van der Waals surface area contributed by atoms with E-state index in [9.17, 15) is 14.4 Å². The van der Waals surface area contributed by atoms with Crippen molar-refractivity contribution >= 4 is 23.6 Å². The Labute approximate surface area is 170 Å². The molecule has 3 heterocycles. The second-order valence-corrected chi connectivity index (χ2v) is 7.84. The van der Waals surface area contributed by atoms with E-state index in [1.807, 2.05) is 30.3 Å². The predicted molar refractivity (Wildman–Crippen MR) is 106 cm³/mol. The summed E-state index contributed by atoms with van der Waals surface area (Å²) in [5, 5.41) is 3.47. The Kier molecular flexibility index (Phi) is 5.18. The number of anilines is 1. The maximum absolute atomic E-state index is 13.3. The number of ether oxygens (including phenoxy) is 1. The number of carbonyl (C=O) groups excluding carboxylic acids is 3. The molecule has 0 bridgehead atoms. The van der Waals surface area contributed by atoms with Crippen molar-refractivity contribution in [1.82, 2.24) is 20.0 Å². The first-order valence-electron chi connectivity index (χ1n) is 9.99. The van der Waals surface area contributed by atoms with Gasteiger partial charge in [-0.15, -0.1) is 0 Å². The number of nitrogens with zero attached hydrogens (tertiary/aromatic N) is 4. The summed E-state index contributed by atoms with van der Waals surface area (Å²) in [6.07, 6.45) is -0.652. The van der Waals surface area contributed by atoms with Gasteiger partial charge in [-0.1, -0.05) is 25.1 Å². The molecule has 156 valence electrons. The third kappa shape index (κ3) is 3.34. The van der Waals surface area contributed by atoms with E-state index in [1.165, 1.54) is 4.90 Å². The third-order valence-corrected chi connectivity index (χ3v) is 5.77. The lowest BCUT2D eigenvalue weighted by molar-refractivity contribution is -0.151. The van der Waals surface area contributed by atoms with Crippen molar-refractivity contribution < 1.29 is 19.1 Å². The van der Waals surface area contributed by atoms with Gasteiger partial charge in [-0.3, -0.25) is 24.7 Å². The SMILES string of the molecule is CCOC(=O)CN1C(=O)C2C(NC3N(c4ccccc4)CC(C)CN23)N(C)C1=O. The lowest BCUT2D eigenvalue weighted by atomic mass is 10.0. The molecule has 4 rings (SSSR count). The van der Waals surface area contributed by atoms with Crippen molar-refractivity contribution in [3.8, 4) is 0 Å². The van der Waals surface area contributed by atoms with Gasteiger partial charge >= 0.3 is 12.0 Å². The molecule has 9 nitrogen and oxygen atoms in total. The number of likely N-dealkylation sites (N-methyl/N-ethyl adjacent to an activating group) is 1. The van der Waals surface area contributed by atoms with Crippen LogP contribution in [0.5, 0.6) is 0 Å². The first kappa shape index (κ1) is 19.7. The summed E-state index contributed by atoms with van der Waals surface area (Å²) in [7, 11) is 1.66. The molecule has 0 radical (unpaired) electrons. The minimum Gasteiger partial charge on any atom is -0.465 e. The van der Waals surface area contributed by atoms with Crippen molar-refractivity contribution in [3.05, 3.63) is 30.3 Å². The van der Waals surface area contributed by atoms with Gasteiger partial charge in [0.15, 0.2) is 0 Å². The number of esters is 1. The summed E-state index contributed by atoms with van der Waals surface area (Å²) in [5.41, 5.74) is 1.06. The molecule has 1 N–H and O–H groups in total. The summed E-state index contributed by atoms with van der Waals surface area (Å²) >= 11 is 0. The van der Waals surface area contributed by atoms with Crippen molar-refractivity contribution in [2.75, 3.05) is 38.2 Å². The second kappa shape index (κ2) is 7.64. The summed E-state index contributed by atoms with van der Waals surface area (Å²) in [4.78, 5) is 44.9. The van der Waals surface area contributed by atoms with Crippen LogP contribution in [0, 0.1) is 5.92 Å². The minimum atomic E-state index is -0.582. The van der Waals surface area contributed by atoms with Crippen LogP contribution in [0.4, 0.5) is 10.5 Å². The molecule has 3 fully saturated rings. The summed E-state index contributed by atoms with van der Waals surface area (Å²) in [5.74, 6) is -0.606. The number of imide groups is 1. The number of nitrogens with one attached hydrogen (secondary N) is 1. The highest BCUT2D eigenvalue weighted by Gasteiger charge is 2.57. The number of amides is 3. The molecule has 3 aliphatic heterocycles. The van der Waals surface area contributed by atoms with Crippen molar-refractivity contribution in [3.63, 3.8) is 0 Å². The number of para-hydroxylation sites is 1. The Balaban J connectivity index is 1.63. The van der Waals surface area contributed by atoms with E-state index in [2.05, 4.69) is 22.0 Å². The highest BCUT2D eigenvalue weighted by molar-refractivity contribution is 6.02. The molecule has 0 aliphatic carbocycles. The number of carbonyl (C=O) groups is 3. The second-order valence-electron chi connectivity index (χ2n) is 7.84. The fraction of sp³-hybridized carbons (Fsp3) is 0.550. The Hall–Kier alpha value is -2.65. The van der Waals surface area contributed by atoms with Gasteiger partial charge in [0.05, 0.1) is 6.61 Å². The third-order valence-electron chi connectivity index (χ3n) is 5.77. The average molecular weight is 401 g/mol. The van der Waals surface area contributed by atoms with Crippen LogP contribution < -0.4 is 10.2 Å². The van der Waals surface area contributed by atoms with Crippen molar-refractivity contribution in [2.24, 2.45) is 5.92 Å². The quantitative estimate of drug-likeness (QED) is 0.735. The number of urea groups is 1. The molecule has 0 spiro atoms. The Morgan fingerprint density at radius 3 is 2.62 bits per heavy atom. The van der Waals surface area contributed by atoms with Gasteiger partial charge in [0.1, 0.15) is 25.0 Å². The number of hydrogen-bond acceptors (Lipinski definition) is 7. The smallest absolute Gasteiger partial charge is 0.328 e. The van der Waals surface area contributed by atoms with E-state index in [-0.39, 0.29) is 25.3 Å². The topological polar surface area (TPSA) is 85.4 Å². The van der Waals surface area contributed by atoms with Crippen LogP contribution in [0.3, 0.4) is 0 Å². The fourth-order valence-corrected chi connectivity index (χ4v) is 4.52. The number of rotatable bonds is 4. The highest BCUT2D eigenvalue weighted by Crippen LogP contribution is 2.34. The monoisotopic (exact) mass is 401 g/mol.